The smallest absolute Gasteiger partial charge is 0.0902 e. The highest BCUT2D eigenvalue weighted by atomic mass is 16.5. The quantitative estimate of drug-likeness (QED) is 0.636. The summed E-state index contributed by atoms with van der Waals surface area (Å²) in [5.41, 5.74) is 0.293. The lowest BCUT2D eigenvalue weighted by Crippen LogP contribution is -2.59. The lowest BCUT2D eigenvalue weighted by Gasteiger charge is -2.39. The molecule has 0 saturated carbocycles. The monoisotopic (exact) mass is 186 g/mol. The predicted octanol–water partition coefficient (Wildman–Crippen LogP) is 0.753. The van der Waals surface area contributed by atoms with E-state index in [0.717, 1.165) is 26.2 Å². The number of nitrogens with one attached hydrogen (secondary N) is 2. The molecule has 0 bridgehead atoms. The Balaban J connectivity index is 2.01. The van der Waals surface area contributed by atoms with Crippen LogP contribution in [0.3, 0.4) is 0 Å². The van der Waals surface area contributed by atoms with Crippen molar-refractivity contribution in [3.63, 3.8) is 0 Å². The standard InChI is InChI=1S/C10H22N2O/c1-9(2,3)12-5-6-13-10(4)7-11-8-10/h11-12H,5-8H2,1-4H3. The van der Waals surface area contributed by atoms with E-state index in [2.05, 4.69) is 38.3 Å². The summed E-state index contributed by atoms with van der Waals surface area (Å²) in [6, 6.07) is 0. The van der Waals surface area contributed by atoms with Gasteiger partial charge in [0.1, 0.15) is 0 Å². The summed E-state index contributed by atoms with van der Waals surface area (Å²) in [7, 11) is 0. The van der Waals surface area contributed by atoms with Crippen LogP contribution in [0.15, 0.2) is 0 Å². The molecule has 0 aromatic rings. The molecule has 0 aliphatic carbocycles. The van der Waals surface area contributed by atoms with Gasteiger partial charge in [-0.3, -0.25) is 0 Å². The third-order valence-electron chi connectivity index (χ3n) is 2.21. The summed E-state index contributed by atoms with van der Waals surface area (Å²) in [5.74, 6) is 0. The van der Waals surface area contributed by atoms with E-state index in [1.807, 2.05) is 0 Å². The average Bonchev–Trinajstić information content (AvgIpc) is 1.93. The maximum absolute atomic E-state index is 5.74. The van der Waals surface area contributed by atoms with Crippen LogP contribution in [-0.4, -0.2) is 37.4 Å². The van der Waals surface area contributed by atoms with E-state index in [0.29, 0.717) is 0 Å². The van der Waals surface area contributed by atoms with Gasteiger partial charge in [0.2, 0.25) is 0 Å². The van der Waals surface area contributed by atoms with E-state index in [9.17, 15) is 0 Å². The molecule has 0 unspecified atom stereocenters. The van der Waals surface area contributed by atoms with E-state index < -0.39 is 0 Å². The van der Waals surface area contributed by atoms with Crippen molar-refractivity contribution in [2.75, 3.05) is 26.2 Å². The van der Waals surface area contributed by atoms with Gasteiger partial charge in [0.25, 0.3) is 0 Å². The lowest BCUT2D eigenvalue weighted by molar-refractivity contribution is -0.0658. The zero-order chi connectivity index (χ0) is 9.95. The van der Waals surface area contributed by atoms with Crippen molar-refractivity contribution >= 4 is 0 Å². The molecule has 2 N–H and O–H groups in total. The fourth-order valence-electron chi connectivity index (χ4n) is 1.30. The second-order valence-electron chi connectivity index (χ2n) is 5.08. The summed E-state index contributed by atoms with van der Waals surface area (Å²) >= 11 is 0. The maximum Gasteiger partial charge on any atom is 0.0902 e. The molecular weight excluding hydrogens is 164 g/mol. The van der Waals surface area contributed by atoms with Crippen molar-refractivity contribution in [3.8, 4) is 0 Å². The van der Waals surface area contributed by atoms with Gasteiger partial charge in [-0.2, -0.15) is 0 Å². The van der Waals surface area contributed by atoms with Gasteiger partial charge in [0, 0.05) is 25.2 Å². The molecule has 1 aliphatic heterocycles. The van der Waals surface area contributed by atoms with Gasteiger partial charge in [-0.05, 0) is 27.7 Å². The molecule has 1 rings (SSSR count). The lowest BCUT2D eigenvalue weighted by atomic mass is 10.0. The van der Waals surface area contributed by atoms with Gasteiger partial charge in [-0.1, -0.05) is 0 Å². The van der Waals surface area contributed by atoms with Gasteiger partial charge in [-0.25, -0.2) is 0 Å². The van der Waals surface area contributed by atoms with Crippen LogP contribution in [0.2, 0.25) is 0 Å². The van der Waals surface area contributed by atoms with Crippen molar-refractivity contribution in [1.82, 2.24) is 10.6 Å². The molecule has 1 heterocycles. The van der Waals surface area contributed by atoms with E-state index >= 15 is 0 Å². The highest BCUT2D eigenvalue weighted by molar-refractivity contribution is 4.90. The molecule has 0 spiro atoms. The van der Waals surface area contributed by atoms with Crippen molar-refractivity contribution in [2.24, 2.45) is 0 Å². The number of hydrogen-bond acceptors (Lipinski definition) is 3. The van der Waals surface area contributed by atoms with E-state index in [1.54, 1.807) is 0 Å². The fourth-order valence-corrected chi connectivity index (χ4v) is 1.30. The largest absolute Gasteiger partial charge is 0.371 e. The summed E-state index contributed by atoms with van der Waals surface area (Å²) in [6.07, 6.45) is 0. The molecule has 13 heavy (non-hydrogen) atoms. The van der Waals surface area contributed by atoms with Crippen LogP contribution in [0.4, 0.5) is 0 Å². The minimum absolute atomic E-state index is 0.0968. The molecule has 0 aromatic heterocycles. The molecular formula is C10H22N2O. The highest BCUT2D eigenvalue weighted by Crippen LogP contribution is 2.14. The normalized spacial score (nSPS) is 21.2. The van der Waals surface area contributed by atoms with Gasteiger partial charge < -0.3 is 15.4 Å². The SMILES string of the molecule is CC(C)(C)NCCOC1(C)CNC1. The predicted molar refractivity (Wildman–Crippen MR) is 55.0 cm³/mol. The summed E-state index contributed by atoms with van der Waals surface area (Å²) in [6.45, 7) is 12.4. The number of hydrogen-bond donors (Lipinski definition) is 2. The van der Waals surface area contributed by atoms with Gasteiger partial charge >= 0.3 is 0 Å². The Bertz CT molecular complexity index is 159. The Morgan fingerprint density at radius 3 is 2.38 bits per heavy atom. The van der Waals surface area contributed by atoms with Crippen LogP contribution in [0.25, 0.3) is 0 Å². The average molecular weight is 186 g/mol. The molecule has 78 valence electrons. The Kier molecular flexibility index (Phi) is 3.33. The molecule has 0 amide bonds. The van der Waals surface area contributed by atoms with Crippen molar-refractivity contribution in [3.05, 3.63) is 0 Å². The molecule has 1 aliphatic rings. The van der Waals surface area contributed by atoms with Gasteiger partial charge in [0.15, 0.2) is 0 Å². The first-order valence-corrected chi connectivity index (χ1v) is 5.01. The first-order valence-electron chi connectivity index (χ1n) is 5.01. The molecule has 1 saturated heterocycles. The Morgan fingerprint density at radius 2 is 2.00 bits per heavy atom. The number of rotatable bonds is 4. The third-order valence-corrected chi connectivity index (χ3v) is 2.21. The van der Waals surface area contributed by atoms with Crippen LogP contribution < -0.4 is 10.6 Å². The zero-order valence-electron chi connectivity index (χ0n) is 9.24. The van der Waals surface area contributed by atoms with Gasteiger partial charge in [-0.15, -0.1) is 0 Å². The number of ether oxygens (including phenoxy) is 1. The van der Waals surface area contributed by atoms with Crippen LogP contribution in [0, 0.1) is 0 Å². The molecule has 0 atom stereocenters. The highest BCUT2D eigenvalue weighted by Gasteiger charge is 2.32. The third kappa shape index (κ3) is 4.07. The first kappa shape index (κ1) is 11.0. The topological polar surface area (TPSA) is 33.3 Å². The van der Waals surface area contributed by atoms with Crippen LogP contribution >= 0.6 is 0 Å². The molecule has 0 radical (unpaired) electrons. The Hall–Kier alpha value is -0.120. The van der Waals surface area contributed by atoms with Crippen LogP contribution in [-0.2, 0) is 4.74 Å². The fraction of sp³-hybridized carbons (Fsp3) is 1.00. The van der Waals surface area contributed by atoms with Crippen LogP contribution in [0.5, 0.6) is 0 Å². The van der Waals surface area contributed by atoms with E-state index in [4.69, 9.17) is 4.74 Å². The zero-order valence-corrected chi connectivity index (χ0v) is 9.24. The Labute approximate surface area is 81.2 Å². The minimum atomic E-state index is 0.0968. The maximum atomic E-state index is 5.74. The summed E-state index contributed by atoms with van der Waals surface area (Å²) in [5, 5.41) is 6.61. The first-order chi connectivity index (χ1) is 5.91. The van der Waals surface area contributed by atoms with Crippen molar-refractivity contribution < 1.29 is 4.74 Å². The summed E-state index contributed by atoms with van der Waals surface area (Å²) in [4.78, 5) is 0. The van der Waals surface area contributed by atoms with Gasteiger partial charge in [0.05, 0.1) is 12.2 Å². The molecule has 3 nitrogen and oxygen atoms in total. The Morgan fingerprint density at radius 1 is 1.38 bits per heavy atom. The minimum Gasteiger partial charge on any atom is -0.371 e. The molecule has 3 heteroatoms. The summed E-state index contributed by atoms with van der Waals surface area (Å²) < 4.78 is 5.74. The van der Waals surface area contributed by atoms with E-state index in [-0.39, 0.29) is 11.1 Å². The van der Waals surface area contributed by atoms with Crippen molar-refractivity contribution in [2.45, 2.75) is 38.8 Å². The van der Waals surface area contributed by atoms with Crippen molar-refractivity contribution in [1.29, 1.82) is 0 Å². The second-order valence-corrected chi connectivity index (χ2v) is 5.08. The van der Waals surface area contributed by atoms with Crippen LogP contribution in [0.1, 0.15) is 27.7 Å². The molecule has 1 fully saturated rings. The van der Waals surface area contributed by atoms with E-state index in [1.165, 1.54) is 0 Å². The second kappa shape index (κ2) is 3.95. The molecule has 0 aromatic carbocycles.